The molecule has 0 aliphatic carbocycles. The second kappa shape index (κ2) is 10.5. The quantitative estimate of drug-likeness (QED) is 0.361. The Labute approximate surface area is 202 Å². The van der Waals surface area contributed by atoms with E-state index in [-0.39, 0.29) is 6.79 Å². The zero-order valence-corrected chi connectivity index (χ0v) is 19.7. The summed E-state index contributed by atoms with van der Waals surface area (Å²) in [4.78, 5) is 0. The Balaban J connectivity index is 1.41. The van der Waals surface area contributed by atoms with Gasteiger partial charge in [0.25, 0.3) is 0 Å². The summed E-state index contributed by atoms with van der Waals surface area (Å²) < 4.78 is 22.5. The predicted octanol–water partition coefficient (Wildman–Crippen LogP) is 6.64. The standard InChI is InChI=1S/C24H22Cl3NO4/c1-2-29-23-10-17(12-28-11-15-4-6-21-22(9-15)32-14-31-21)8-20(27)24(23)30-13-16-3-5-18(25)19(26)7-16/h3-10,28H,2,11-14H2,1H3. The molecular formula is C24H22Cl3NO4. The highest BCUT2D eigenvalue weighted by Gasteiger charge is 2.15. The average molecular weight is 495 g/mol. The SMILES string of the molecule is CCOc1cc(CNCc2ccc3c(c2)OCO3)cc(Cl)c1OCc1ccc(Cl)c(Cl)c1. The smallest absolute Gasteiger partial charge is 0.231 e. The molecule has 3 aromatic rings. The van der Waals surface area contributed by atoms with Gasteiger partial charge in [0.05, 0.1) is 21.7 Å². The second-order valence-electron chi connectivity index (χ2n) is 7.17. The Hall–Kier alpha value is -2.31. The predicted molar refractivity (Wildman–Crippen MR) is 127 cm³/mol. The fourth-order valence-electron chi connectivity index (χ4n) is 3.31. The minimum atomic E-state index is 0.268. The van der Waals surface area contributed by atoms with Crippen LogP contribution in [0.3, 0.4) is 0 Å². The number of halogens is 3. The maximum Gasteiger partial charge on any atom is 0.231 e. The summed E-state index contributed by atoms with van der Waals surface area (Å²) in [7, 11) is 0. The van der Waals surface area contributed by atoms with Gasteiger partial charge in [0.2, 0.25) is 6.79 Å². The van der Waals surface area contributed by atoms with Crippen molar-refractivity contribution in [2.24, 2.45) is 0 Å². The average Bonchev–Trinajstić information content (AvgIpc) is 3.24. The normalized spacial score (nSPS) is 12.1. The maximum atomic E-state index is 6.54. The summed E-state index contributed by atoms with van der Waals surface area (Å²) in [5.74, 6) is 2.65. The summed E-state index contributed by atoms with van der Waals surface area (Å²) in [6.07, 6.45) is 0. The summed E-state index contributed by atoms with van der Waals surface area (Å²) in [5, 5.41) is 4.88. The molecule has 1 heterocycles. The minimum Gasteiger partial charge on any atom is -0.490 e. The number of hydrogen-bond donors (Lipinski definition) is 1. The van der Waals surface area contributed by atoms with Crippen molar-refractivity contribution in [1.29, 1.82) is 0 Å². The van der Waals surface area contributed by atoms with Crippen LogP contribution >= 0.6 is 34.8 Å². The van der Waals surface area contributed by atoms with Crippen LogP contribution in [0.1, 0.15) is 23.6 Å². The minimum absolute atomic E-state index is 0.268. The van der Waals surface area contributed by atoms with E-state index in [1.54, 1.807) is 12.1 Å². The van der Waals surface area contributed by atoms with Crippen molar-refractivity contribution in [2.75, 3.05) is 13.4 Å². The van der Waals surface area contributed by atoms with Crippen LogP contribution in [0, 0.1) is 0 Å². The van der Waals surface area contributed by atoms with Gasteiger partial charge in [0.1, 0.15) is 6.61 Å². The summed E-state index contributed by atoms with van der Waals surface area (Å²) >= 11 is 18.6. The molecule has 3 aromatic carbocycles. The number of nitrogens with one attached hydrogen (secondary N) is 1. The topological polar surface area (TPSA) is 49.0 Å². The van der Waals surface area contributed by atoms with Gasteiger partial charge in [-0.15, -0.1) is 0 Å². The van der Waals surface area contributed by atoms with Crippen molar-refractivity contribution in [3.63, 3.8) is 0 Å². The van der Waals surface area contributed by atoms with E-state index in [9.17, 15) is 0 Å². The molecule has 5 nitrogen and oxygen atoms in total. The zero-order chi connectivity index (χ0) is 22.5. The van der Waals surface area contributed by atoms with Crippen LogP contribution in [-0.2, 0) is 19.7 Å². The lowest BCUT2D eigenvalue weighted by Gasteiger charge is -2.16. The van der Waals surface area contributed by atoms with Gasteiger partial charge in [0, 0.05) is 13.1 Å². The van der Waals surface area contributed by atoms with Crippen molar-refractivity contribution in [1.82, 2.24) is 5.32 Å². The van der Waals surface area contributed by atoms with E-state index in [0.29, 0.717) is 52.9 Å². The molecule has 1 aliphatic heterocycles. The Bertz CT molecular complexity index is 1110. The number of fused-ring (bicyclic) bond motifs is 1. The van der Waals surface area contributed by atoms with Gasteiger partial charge < -0.3 is 24.3 Å². The largest absolute Gasteiger partial charge is 0.490 e. The first kappa shape index (κ1) is 22.9. The third-order valence-electron chi connectivity index (χ3n) is 4.83. The van der Waals surface area contributed by atoms with Gasteiger partial charge in [-0.3, -0.25) is 0 Å². The van der Waals surface area contributed by atoms with E-state index in [0.717, 1.165) is 28.2 Å². The highest BCUT2D eigenvalue weighted by Crippen LogP contribution is 2.38. The van der Waals surface area contributed by atoms with Gasteiger partial charge in [-0.1, -0.05) is 46.9 Å². The van der Waals surface area contributed by atoms with E-state index in [1.807, 2.05) is 43.3 Å². The van der Waals surface area contributed by atoms with E-state index in [2.05, 4.69) is 5.32 Å². The van der Waals surface area contributed by atoms with Crippen molar-refractivity contribution in [3.05, 3.63) is 80.3 Å². The first-order chi connectivity index (χ1) is 15.5. The van der Waals surface area contributed by atoms with Gasteiger partial charge in [0.15, 0.2) is 23.0 Å². The van der Waals surface area contributed by atoms with Crippen molar-refractivity contribution in [3.8, 4) is 23.0 Å². The maximum absolute atomic E-state index is 6.54. The Kier molecular flexibility index (Phi) is 7.53. The molecule has 168 valence electrons. The van der Waals surface area contributed by atoms with Crippen molar-refractivity contribution >= 4 is 34.8 Å². The first-order valence-corrected chi connectivity index (χ1v) is 11.3. The molecule has 0 atom stereocenters. The highest BCUT2D eigenvalue weighted by molar-refractivity contribution is 6.42. The second-order valence-corrected chi connectivity index (χ2v) is 8.39. The molecule has 0 fully saturated rings. The van der Waals surface area contributed by atoms with E-state index >= 15 is 0 Å². The van der Waals surface area contributed by atoms with Crippen LogP contribution in [0.4, 0.5) is 0 Å². The van der Waals surface area contributed by atoms with E-state index in [1.165, 1.54) is 0 Å². The van der Waals surface area contributed by atoms with Crippen molar-refractivity contribution < 1.29 is 18.9 Å². The molecule has 1 N–H and O–H groups in total. The van der Waals surface area contributed by atoms with Gasteiger partial charge in [-0.2, -0.15) is 0 Å². The summed E-state index contributed by atoms with van der Waals surface area (Å²) in [5.41, 5.74) is 2.97. The van der Waals surface area contributed by atoms with Crippen LogP contribution < -0.4 is 24.3 Å². The first-order valence-electron chi connectivity index (χ1n) is 10.1. The third kappa shape index (κ3) is 5.54. The molecule has 1 aliphatic rings. The van der Waals surface area contributed by atoms with Gasteiger partial charge in [-0.25, -0.2) is 0 Å². The Morgan fingerprint density at radius 2 is 1.53 bits per heavy atom. The zero-order valence-electron chi connectivity index (χ0n) is 17.4. The number of ether oxygens (including phenoxy) is 4. The fourth-order valence-corrected chi connectivity index (χ4v) is 3.92. The lowest BCUT2D eigenvalue weighted by molar-refractivity contribution is 0.174. The lowest BCUT2D eigenvalue weighted by atomic mass is 10.1. The molecule has 0 aromatic heterocycles. The molecule has 8 heteroatoms. The van der Waals surface area contributed by atoms with Crippen LogP contribution in [0.2, 0.25) is 15.1 Å². The number of hydrogen-bond acceptors (Lipinski definition) is 5. The summed E-state index contributed by atoms with van der Waals surface area (Å²) in [6.45, 7) is 4.26. The van der Waals surface area contributed by atoms with Crippen LogP contribution in [0.15, 0.2) is 48.5 Å². The highest BCUT2D eigenvalue weighted by atomic mass is 35.5. The van der Waals surface area contributed by atoms with E-state index in [4.69, 9.17) is 53.8 Å². The van der Waals surface area contributed by atoms with Gasteiger partial charge in [-0.05, 0) is 60.0 Å². The monoisotopic (exact) mass is 493 g/mol. The lowest BCUT2D eigenvalue weighted by Crippen LogP contribution is -2.13. The molecule has 0 spiro atoms. The molecule has 4 rings (SSSR count). The molecule has 0 saturated carbocycles. The molecule has 0 amide bonds. The van der Waals surface area contributed by atoms with Gasteiger partial charge >= 0.3 is 0 Å². The third-order valence-corrected chi connectivity index (χ3v) is 5.85. The van der Waals surface area contributed by atoms with Crippen LogP contribution in [-0.4, -0.2) is 13.4 Å². The Morgan fingerprint density at radius 3 is 2.34 bits per heavy atom. The van der Waals surface area contributed by atoms with Crippen molar-refractivity contribution in [2.45, 2.75) is 26.6 Å². The molecule has 0 saturated heterocycles. The molecule has 0 bridgehead atoms. The number of rotatable bonds is 9. The molecule has 0 radical (unpaired) electrons. The Morgan fingerprint density at radius 1 is 0.781 bits per heavy atom. The number of benzene rings is 3. The van der Waals surface area contributed by atoms with Crippen LogP contribution in [0.25, 0.3) is 0 Å². The molecular weight excluding hydrogens is 473 g/mol. The fraction of sp³-hybridized carbons (Fsp3) is 0.250. The van der Waals surface area contributed by atoms with E-state index < -0.39 is 0 Å². The van der Waals surface area contributed by atoms with Crippen LogP contribution in [0.5, 0.6) is 23.0 Å². The summed E-state index contributed by atoms with van der Waals surface area (Å²) in [6, 6.07) is 15.1. The molecule has 32 heavy (non-hydrogen) atoms. The molecule has 0 unspecified atom stereocenters.